The fourth-order valence-electron chi connectivity index (χ4n) is 2.49. The Bertz CT molecular complexity index is 780. The predicted molar refractivity (Wildman–Crippen MR) is 100 cm³/mol. The molecule has 6 heteroatoms. The molecule has 130 valence electrons. The summed E-state index contributed by atoms with van der Waals surface area (Å²) >= 11 is 0. The van der Waals surface area contributed by atoms with Crippen molar-refractivity contribution in [1.82, 2.24) is 20.0 Å². The highest BCUT2D eigenvalue weighted by molar-refractivity contribution is 5.79. The average molecular weight is 337 g/mol. The Morgan fingerprint density at radius 3 is 2.68 bits per heavy atom. The Balaban J connectivity index is 1.37. The van der Waals surface area contributed by atoms with Crippen LogP contribution in [0.5, 0.6) is 5.75 Å². The second-order valence-electron chi connectivity index (χ2n) is 5.54. The highest BCUT2D eigenvalue weighted by atomic mass is 16.5. The highest BCUT2D eigenvalue weighted by Gasteiger charge is 2.02. The van der Waals surface area contributed by atoms with Gasteiger partial charge >= 0.3 is 0 Å². The van der Waals surface area contributed by atoms with Crippen molar-refractivity contribution in [2.75, 3.05) is 26.7 Å². The molecule has 0 bridgehead atoms. The molecule has 0 aliphatic carbocycles. The highest BCUT2D eigenvalue weighted by Crippen LogP contribution is 2.07. The van der Waals surface area contributed by atoms with Crippen LogP contribution in [0.1, 0.15) is 5.69 Å². The second-order valence-corrected chi connectivity index (χ2v) is 5.54. The molecule has 6 nitrogen and oxygen atoms in total. The number of benzene rings is 1. The number of aromatic nitrogens is 2. The van der Waals surface area contributed by atoms with E-state index in [2.05, 4.69) is 26.8 Å². The van der Waals surface area contributed by atoms with Crippen LogP contribution >= 0.6 is 0 Å². The molecule has 3 rings (SSSR count). The third kappa shape index (κ3) is 4.97. The average Bonchev–Trinajstić information content (AvgIpc) is 3.07. The van der Waals surface area contributed by atoms with Crippen molar-refractivity contribution in [2.45, 2.75) is 6.42 Å². The minimum atomic E-state index is 0.581. The molecule has 3 aromatic rings. The number of ether oxygens (including phenoxy) is 1. The Morgan fingerprint density at radius 2 is 1.88 bits per heavy atom. The predicted octanol–water partition coefficient (Wildman–Crippen LogP) is 2.12. The molecule has 25 heavy (non-hydrogen) atoms. The maximum absolute atomic E-state index is 5.65. The Labute approximate surface area is 147 Å². The fourth-order valence-corrected chi connectivity index (χ4v) is 2.49. The van der Waals surface area contributed by atoms with Gasteiger partial charge in [0.1, 0.15) is 18.0 Å². The summed E-state index contributed by atoms with van der Waals surface area (Å²) in [6, 6.07) is 15.8. The van der Waals surface area contributed by atoms with Crippen LogP contribution in [-0.2, 0) is 6.42 Å². The fraction of sp³-hybridized carbons (Fsp3) is 0.263. The van der Waals surface area contributed by atoms with Gasteiger partial charge in [-0.3, -0.25) is 4.99 Å². The normalized spacial score (nSPS) is 11.5. The summed E-state index contributed by atoms with van der Waals surface area (Å²) < 4.78 is 7.68. The molecule has 2 aromatic heterocycles. The number of nitrogens with one attached hydrogen (secondary N) is 2. The zero-order chi connectivity index (χ0) is 17.3. The molecule has 0 aliphatic heterocycles. The summed E-state index contributed by atoms with van der Waals surface area (Å²) in [5.74, 6) is 1.64. The topological polar surface area (TPSA) is 63.0 Å². The summed E-state index contributed by atoms with van der Waals surface area (Å²) in [4.78, 5) is 8.81. The molecule has 2 N–H and O–H groups in total. The Kier molecular flexibility index (Phi) is 5.87. The first-order chi connectivity index (χ1) is 12.3. The number of hydrogen-bond donors (Lipinski definition) is 2. The lowest BCUT2D eigenvalue weighted by molar-refractivity contribution is 0.322. The van der Waals surface area contributed by atoms with Crippen LogP contribution in [0.2, 0.25) is 0 Å². The van der Waals surface area contributed by atoms with Crippen LogP contribution in [0.25, 0.3) is 5.65 Å². The maximum atomic E-state index is 5.65. The van der Waals surface area contributed by atoms with Crippen LogP contribution in [0, 0.1) is 0 Å². The zero-order valence-corrected chi connectivity index (χ0v) is 14.4. The number of aliphatic imine (C=N–C) groups is 1. The third-order valence-electron chi connectivity index (χ3n) is 3.72. The molecule has 0 radical (unpaired) electrons. The maximum Gasteiger partial charge on any atom is 0.191 e. The molecule has 0 aliphatic rings. The quantitative estimate of drug-likeness (QED) is 0.394. The summed E-state index contributed by atoms with van der Waals surface area (Å²) in [6.07, 6.45) is 4.90. The van der Waals surface area contributed by atoms with Crippen LogP contribution in [0.3, 0.4) is 0 Å². The largest absolute Gasteiger partial charge is 0.492 e. The summed E-state index contributed by atoms with van der Waals surface area (Å²) in [5, 5.41) is 6.54. The van der Waals surface area contributed by atoms with Crippen LogP contribution in [0.4, 0.5) is 0 Å². The van der Waals surface area contributed by atoms with E-state index in [0.29, 0.717) is 13.2 Å². The number of hydrogen-bond acceptors (Lipinski definition) is 3. The lowest BCUT2D eigenvalue weighted by Gasteiger charge is -2.12. The number of imidazole rings is 1. The molecule has 1 aromatic carbocycles. The van der Waals surface area contributed by atoms with E-state index in [4.69, 9.17) is 4.74 Å². The Morgan fingerprint density at radius 1 is 1.08 bits per heavy atom. The molecule has 0 saturated heterocycles. The smallest absolute Gasteiger partial charge is 0.191 e. The Hall–Kier alpha value is -3.02. The zero-order valence-electron chi connectivity index (χ0n) is 14.4. The van der Waals surface area contributed by atoms with Gasteiger partial charge in [-0.2, -0.15) is 0 Å². The van der Waals surface area contributed by atoms with Crippen molar-refractivity contribution >= 4 is 11.6 Å². The number of nitrogens with zero attached hydrogens (tertiary/aromatic N) is 3. The van der Waals surface area contributed by atoms with Crippen molar-refractivity contribution in [3.63, 3.8) is 0 Å². The van der Waals surface area contributed by atoms with Gasteiger partial charge in [0, 0.05) is 32.4 Å². The third-order valence-corrected chi connectivity index (χ3v) is 3.72. The van der Waals surface area contributed by atoms with Gasteiger partial charge < -0.3 is 19.8 Å². The van der Waals surface area contributed by atoms with Crippen molar-refractivity contribution in [3.8, 4) is 5.75 Å². The first-order valence-corrected chi connectivity index (χ1v) is 8.40. The number of fused-ring (bicyclic) bond motifs is 1. The molecule has 0 fully saturated rings. The SMILES string of the molecule is CN=C(NCCOc1ccccc1)NCCc1cn2ccccc2n1. The van der Waals surface area contributed by atoms with Gasteiger partial charge in [0.2, 0.25) is 0 Å². The lowest BCUT2D eigenvalue weighted by atomic mass is 10.3. The number of guanidine groups is 1. The van der Waals surface area contributed by atoms with Gasteiger partial charge in [-0.25, -0.2) is 4.98 Å². The minimum Gasteiger partial charge on any atom is -0.492 e. The van der Waals surface area contributed by atoms with Gasteiger partial charge in [0.25, 0.3) is 0 Å². The summed E-state index contributed by atoms with van der Waals surface area (Å²) in [7, 11) is 1.76. The van der Waals surface area contributed by atoms with E-state index >= 15 is 0 Å². The number of rotatable bonds is 7. The lowest BCUT2D eigenvalue weighted by Crippen LogP contribution is -2.40. The minimum absolute atomic E-state index is 0.581. The van der Waals surface area contributed by atoms with Crippen molar-refractivity contribution in [2.24, 2.45) is 4.99 Å². The van der Waals surface area contributed by atoms with E-state index in [0.717, 1.165) is 36.0 Å². The van der Waals surface area contributed by atoms with Crippen molar-refractivity contribution < 1.29 is 4.74 Å². The van der Waals surface area contributed by atoms with E-state index in [1.165, 1.54) is 0 Å². The molecule has 0 saturated carbocycles. The van der Waals surface area contributed by atoms with Crippen molar-refractivity contribution in [1.29, 1.82) is 0 Å². The second kappa shape index (κ2) is 8.73. The summed E-state index contributed by atoms with van der Waals surface area (Å²) in [6.45, 7) is 2.03. The number of para-hydroxylation sites is 1. The van der Waals surface area contributed by atoms with E-state index in [-0.39, 0.29) is 0 Å². The summed E-state index contributed by atoms with van der Waals surface area (Å²) in [5.41, 5.74) is 2.03. The number of pyridine rings is 1. The van der Waals surface area contributed by atoms with Gasteiger partial charge in [-0.15, -0.1) is 0 Å². The van der Waals surface area contributed by atoms with Crippen LogP contribution < -0.4 is 15.4 Å². The van der Waals surface area contributed by atoms with Gasteiger partial charge in [0.15, 0.2) is 5.96 Å². The van der Waals surface area contributed by atoms with Crippen LogP contribution in [0.15, 0.2) is 65.9 Å². The van der Waals surface area contributed by atoms with Gasteiger partial charge in [0.05, 0.1) is 12.2 Å². The van der Waals surface area contributed by atoms with Crippen LogP contribution in [-0.4, -0.2) is 42.1 Å². The standard InChI is InChI=1S/C19H23N5O/c1-20-19(22-12-14-25-17-7-3-2-4-8-17)21-11-10-16-15-24-13-6-5-9-18(24)23-16/h2-9,13,15H,10-12,14H2,1H3,(H2,20,21,22). The molecule has 2 heterocycles. The molecular weight excluding hydrogens is 314 g/mol. The van der Waals surface area contributed by atoms with E-state index in [1.807, 2.05) is 59.1 Å². The van der Waals surface area contributed by atoms with E-state index in [1.54, 1.807) is 7.05 Å². The van der Waals surface area contributed by atoms with Crippen molar-refractivity contribution in [3.05, 3.63) is 66.6 Å². The van der Waals surface area contributed by atoms with E-state index < -0.39 is 0 Å². The van der Waals surface area contributed by atoms with E-state index in [9.17, 15) is 0 Å². The molecule has 0 amide bonds. The first-order valence-electron chi connectivity index (χ1n) is 8.40. The monoisotopic (exact) mass is 337 g/mol. The first kappa shape index (κ1) is 16.8. The molecule has 0 unspecified atom stereocenters. The molecule has 0 atom stereocenters. The van der Waals surface area contributed by atoms with Gasteiger partial charge in [-0.05, 0) is 24.3 Å². The van der Waals surface area contributed by atoms with Gasteiger partial charge in [-0.1, -0.05) is 24.3 Å². The molecule has 0 spiro atoms. The molecular formula is C19H23N5O.